The number of nitrogens with two attached hydrogens (primary N) is 1. The van der Waals surface area contributed by atoms with Crippen molar-refractivity contribution in [2.45, 2.75) is 18.9 Å². The minimum absolute atomic E-state index is 0.0181. The molecule has 2 N–H and O–H groups in total. The number of thioether (sulfide) groups is 1. The van der Waals surface area contributed by atoms with E-state index in [2.05, 4.69) is 15.9 Å². The molecule has 0 saturated carbocycles. The number of hydrogen-bond donors (Lipinski definition) is 1. The Bertz CT molecular complexity index is 426. The minimum Gasteiger partial charge on any atom is -0.492 e. The van der Waals surface area contributed by atoms with Gasteiger partial charge in [-0.25, -0.2) is 0 Å². The number of halogens is 4. The van der Waals surface area contributed by atoms with Crippen molar-refractivity contribution in [2.75, 3.05) is 18.9 Å². The molecule has 0 spiro atoms. The van der Waals surface area contributed by atoms with Crippen molar-refractivity contribution < 1.29 is 17.9 Å². The van der Waals surface area contributed by atoms with Crippen LogP contribution in [0.5, 0.6) is 5.75 Å². The average Bonchev–Trinajstić information content (AvgIpc) is 2.25. The third kappa shape index (κ3) is 6.05. The van der Waals surface area contributed by atoms with Crippen LogP contribution < -0.4 is 10.5 Å². The number of rotatable bonds is 6. The smallest absolute Gasteiger partial charge is 0.441 e. The van der Waals surface area contributed by atoms with Gasteiger partial charge in [0.15, 0.2) is 0 Å². The Morgan fingerprint density at radius 1 is 1.37 bits per heavy atom. The molecule has 0 saturated heterocycles. The summed E-state index contributed by atoms with van der Waals surface area (Å²) in [6, 6.07) is 3.75. The predicted molar refractivity (Wildman–Crippen MR) is 75.6 cm³/mol. The lowest BCUT2D eigenvalue weighted by Gasteiger charge is -2.15. The van der Waals surface area contributed by atoms with Crippen molar-refractivity contribution in [2.24, 2.45) is 5.73 Å². The Kier molecular flexibility index (Phi) is 6.49. The number of benzene rings is 1. The van der Waals surface area contributed by atoms with Gasteiger partial charge in [-0.2, -0.15) is 13.2 Å². The van der Waals surface area contributed by atoms with Crippen molar-refractivity contribution in [3.63, 3.8) is 0 Å². The van der Waals surface area contributed by atoms with Crippen LogP contribution >= 0.6 is 27.7 Å². The van der Waals surface area contributed by atoms with Crippen LogP contribution in [0.1, 0.15) is 11.1 Å². The molecule has 0 aliphatic rings. The lowest BCUT2D eigenvalue weighted by atomic mass is 10.1. The highest BCUT2D eigenvalue weighted by Crippen LogP contribution is 2.31. The third-order valence-corrected chi connectivity index (χ3v) is 3.48. The molecule has 0 aromatic heterocycles. The van der Waals surface area contributed by atoms with E-state index in [1.807, 2.05) is 19.1 Å². The van der Waals surface area contributed by atoms with Crippen LogP contribution in [0.2, 0.25) is 0 Å². The van der Waals surface area contributed by atoms with Crippen molar-refractivity contribution in [3.8, 4) is 5.75 Å². The molecule has 0 atom stereocenters. The molecule has 0 aliphatic heterocycles. The topological polar surface area (TPSA) is 35.2 Å². The third-order valence-electron chi connectivity index (χ3n) is 2.33. The largest absolute Gasteiger partial charge is 0.492 e. The summed E-state index contributed by atoms with van der Waals surface area (Å²) >= 11 is 3.30. The summed E-state index contributed by atoms with van der Waals surface area (Å²) in [5.41, 5.74) is 3.10. The number of hydrogen-bond acceptors (Lipinski definition) is 3. The standard InChI is InChI=1S/C12H15BrF3NOS/c1-8-6-10(13)7-9(2-3-17)11(8)18-4-5-19-12(14,15)16/h6-7H,2-5,17H2,1H3. The van der Waals surface area contributed by atoms with Crippen LogP contribution in [0.25, 0.3) is 0 Å². The van der Waals surface area contributed by atoms with E-state index >= 15 is 0 Å². The van der Waals surface area contributed by atoms with Crippen LogP contribution in [0.4, 0.5) is 13.2 Å². The van der Waals surface area contributed by atoms with Crippen molar-refractivity contribution in [3.05, 3.63) is 27.7 Å². The summed E-state index contributed by atoms with van der Waals surface area (Å²) in [5.74, 6) is 0.512. The van der Waals surface area contributed by atoms with Gasteiger partial charge in [0.1, 0.15) is 5.75 Å². The fourth-order valence-corrected chi connectivity index (χ4v) is 2.67. The highest BCUT2D eigenvalue weighted by molar-refractivity contribution is 9.10. The molecule has 0 aliphatic carbocycles. The molecule has 0 unspecified atom stereocenters. The van der Waals surface area contributed by atoms with Gasteiger partial charge in [-0.15, -0.1) is 0 Å². The fourth-order valence-electron chi connectivity index (χ4n) is 1.65. The highest BCUT2D eigenvalue weighted by Gasteiger charge is 2.27. The molecule has 2 nitrogen and oxygen atoms in total. The second kappa shape index (κ2) is 7.40. The van der Waals surface area contributed by atoms with E-state index in [0.717, 1.165) is 15.6 Å². The van der Waals surface area contributed by atoms with Gasteiger partial charge in [-0.1, -0.05) is 15.9 Å². The van der Waals surface area contributed by atoms with Crippen LogP contribution in [-0.4, -0.2) is 24.4 Å². The molecule has 19 heavy (non-hydrogen) atoms. The molecule has 1 aromatic carbocycles. The maximum Gasteiger partial charge on any atom is 0.441 e. The normalized spacial score (nSPS) is 11.7. The zero-order valence-corrected chi connectivity index (χ0v) is 12.8. The summed E-state index contributed by atoms with van der Waals surface area (Å²) in [7, 11) is 0. The van der Waals surface area contributed by atoms with Gasteiger partial charge in [-0.3, -0.25) is 0 Å². The number of ether oxygens (including phenoxy) is 1. The molecule has 7 heteroatoms. The van der Waals surface area contributed by atoms with Gasteiger partial charge in [0, 0.05) is 10.2 Å². The lowest BCUT2D eigenvalue weighted by Crippen LogP contribution is -2.10. The van der Waals surface area contributed by atoms with Gasteiger partial charge in [0.05, 0.1) is 6.61 Å². The first-order valence-corrected chi connectivity index (χ1v) is 7.44. The van der Waals surface area contributed by atoms with Crippen molar-refractivity contribution >= 4 is 27.7 Å². The lowest BCUT2D eigenvalue weighted by molar-refractivity contribution is -0.0329. The quantitative estimate of drug-likeness (QED) is 0.784. The van der Waals surface area contributed by atoms with E-state index in [4.69, 9.17) is 10.5 Å². The van der Waals surface area contributed by atoms with Crippen LogP contribution in [0.3, 0.4) is 0 Å². The molecular weight excluding hydrogens is 343 g/mol. The maximum atomic E-state index is 12.0. The summed E-state index contributed by atoms with van der Waals surface area (Å²) < 4.78 is 42.4. The molecule has 0 bridgehead atoms. The molecule has 0 fully saturated rings. The highest BCUT2D eigenvalue weighted by atomic mass is 79.9. The molecule has 1 rings (SSSR count). The summed E-state index contributed by atoms with van der Waals surface area (Å²) in [6.45, 7) is 2.34. The van der Waals surface area contributed by atoms with Gasteiger partial charge in [0.2, 0.25) is 0 Å². The Balaban J connectivity index is 2.66. The Morgan fingerprint density at radius 2 is 2.05 bits per heavy atom. The Labute approximate surface area is 123 Å². The van der Waals surface area contributed by atoms with Gasteiger partial charge >= 0.3 is 5.51 Å². The first-order valence-electron chi connectivity index (χ1n) is 5.66. The Morgan fingerprint density at radius 3 is 2.63 bits per heavy atom. The van der Waals surface area contributed by atoms with Gasteiger partial charge in [0.25, 0.3) is 0 Å². The zero-order valence-electron chi connectivity index (χ0n) is 10.4. The van der Waals surface area contributed by atoms with E-state index in [1.165, 1.54) is 0 Å². The van der Waals surface area contributed by atoms with E-state index in [-0.39, 0.29) is 24.1 Å². The minimum atomic E-state index is -4.21. The van der Waals surface area contributed by atoms with Crippen LogP contribution in [-0.2, 0) is 6.42 Å². The second-order valence-corrected chi connectivity index (χ2v) is 5.97. The van der Waals surface area contributed by atoms with E-state index in [1.54, 1.807) is 0 Å². The number of alkyl halides is 3. The van der Waals surface area contributed by atoms with Gasteiger partial charge in [-0.05, 0) is 54.9 Å². The molecule has 108 valence electrons. The summed E-state index contributed by atoms with van der Waals surface area (Å²) in [4.78, 5) is 0. The summed E-state index contributed by atoms with van der Waals surface area (Å²) in [5, 5.41) is 0. The van der Waals surface area contributed by atoms with E-state index < -0.39 is 5.51 Å². The summed E-state index contributed by atoms with van der Waals surface area (Å²) in [6.07, 6.45) is 0.627. The van der Waals surface area contributed by atoms with Crippen molar-refractivity contribution in [1.29, 1.82) is 0 Å². The zero-order chi connectivity index (χ0) is 14.5. The molecule has 0 radical (unpaired) electrons. The van der Waals surface area contributed by atoms with Crippen LogP contribution in [0, 0.1) is 6.92 Å². The number of aryl methyl sites for hydroxylation is 1. The molecule has 0 amide bonds. The first-order chi connectivity index (χ1) is 8.83. The molecule has 0 heterocycles. The fraction of sp³-hybridized carbons (Fsp3) is 0.500. The van der Waals surface area contributed by atoms with Gasteiger partial charge < -0.3 is 10.5 Å². The average molecular weight is 358 g/mol. The molecule has 1 aromatic rings. The predicted octanol–water partition coefficient (Wildman–Crippen LogP) is 3.89. The van der Waals surface area contributed by atoms with Crippen LogP contribution in [0.15, 0.2) is 16.6 Å². The van der Waals surface area contributed by atoms with E-state index in [9.17, 15) is 13.2 Å². The SMILES string of the molecule is Cc1cc(Br)cc(CCN)c1OCCSC(F)(F)F. The van der Waals surface area contributed by atoms with Crippen molar-refractivity contribution in [1.82, 2.24) is 0 Å². The Hall–Kier alpha value is -0.400. The second-order valence-electron chi connectivity index (χ2n) is 3.89. The van der Waals surface area contributed by atoms with E-state index in [0.29, 0.717) is 18.7 Å². The first kappa shape index (κ1) is 16.7. The molecular formula is C12H15BrF3NOS. The monoisotopic (exact) mass is 357 g/mol. The maximum absolute atomic E-state index is 12.0.